The van der Waals surface area contributed by atoms with Crippen molar-refractivity contribution in [1.29, 1.82) is 0 Å². The van der Waals surface area contributed by atoms with Crippen molar-refractivity contribution < 1.29 is 121 Å². The van der Waals surface area contributed by atoms with Crippen molar-refractivity contribution in [3.8, 4) is 0 Å². The summed E-state index contributed by atoms with van der Waals surface area (Å²) < 4.78 is 43.7. The smallest absolute Gasteiger partial charge is 0.243 e. The van der Waals surface area contributed by atoms with Gasteiger partial charge in [0.1, 0.15) is 18.7 Å². The van der Waals surface area contributed by atoms with Crippen LogP contribution in [0.1, 0.15) is 65.2 Å². The van der Waals surface area contributed by atoms with Gasteiger partial charge in [0.15, 0.2) is 0 Å². The molecular formula is C55H98N10O25S. The molecule has 0 spiro atoms. The maximum atomic E-state index is 12.9. The summed E-state index contributed by atoms with van der Waals surface area (Å²) in [6.07, 6.45) is -4.64. The fraction of sp³-hybridized carbons (Fsp3) is 0.800. The van der Waals surface area contributed by atoms with Crippen LogP contribution >= 0.6 is 11.8 Å². The van der Waals surface area contributed by atoms with Crippen LogP contribution in [0, 0.1) is 0 Å². The summed E-state index contributed by atoms with van der Waals surface area (Å²) in [5, 5.41) is 78.3. The zero-order valence-corrected chi connectivity index (χ0v) is 52.9. The molecule has 0 aliphatic carbocycles. The monoisotopic (exact) mass is 1330 g/mol. The Bertz CT molecular complexity index is 2130. The molecule has 0 aromatic rings. The van der Waals surface area contributed by atoms with E-state index in [9.17, 15) is 73.2 Å². The molecule has 11 amide bonds. The van der Waals surface area contributed by atoms with E-state index in [4.69, 9.17) is 48.1 Å². The fourth-order valence-corrected chi connectivity index (χ4v) is 8.60. The number of hydrogen-bond acceptors (Lipinski definition) is 26. The minimum Gasteiger partial charge on any atom is -0.396 e. The summed E-state index contributed by atoms with van der Waals surface area (Å²) in [6, 6.07) is -1.09. The van der Waals surface area contributed by atoms with Crippen LogP contribution < -0.4 is 47.9 Å². The first kappa shape index (κ1) is 83.2. The molecule has 524 valence electrons. The predicted octanol–water partition coefficient (Wildman–Crippen LogP) is -8.04. The Morgan fingerprint density at radius 1 is 0.484 bits per heavy atom. The molecule has 1 aliphatic heterocycles. The lowest BCUT2D eigenvalue weighted by Gasteiger charge is -2.23. The van der Waals surface area contributed by atoms with Gasteiger partial charge in [-0.2, -0.15) is 0 Å². The first-order valence-corrected chi connectivity index (χ1v) is 31.1. The van der Waals surface area contributed by atoms with Gasteiger partial charge in [0, 0.05) is 45.5 Å². The summed E-state index contributed by atoms with van der Waals surface area (Å²) in [6.45, 7) is 4.57. The van der Waals surface area contributed by atoms with Gasteiger partial charge >= 0.3 is 0 Å². The second-order valence-corrected chi connectivity index (χ2v) is 22.1. The Hall–Kier alpha value is -5.84. The van der Waals surface area contributed by atoms with Gasteiger partial charge in [0.2, 0.25) is 65.0 Å². The highest BCUT2D eigenvalue weighted by molar-refractivity contribution is 8.01. The van der Waals surface area contributed by atoms with Crippen LogP contribution in [0.4, 0.5) is 0 Å². The average molecular weight is 1330 g/mol. The van der Waals surface area contributed by atoms with Crippen LogP contribution in [0.15, 0.2) is 0 Å². The summed E-state index contributed by atoms with van der Waals surface area (Å²) in [5.41, 5.74) is 0. The molecule has 1 heterocycles. The average Bonchev–Trinajstić information content (AvgIpc) is 1.85. The summed E-state index contributed by atoms with van der Waals surface area (Å²) in [7, 11) is 0. The van der Waals surface area contributed by atoms with E-state index in [0.717, 1.165) is 4.90 Å². The quantitative estimate of drug-likeness (QED) is 0.0199. The lowest BCUT2D eigenvalue weighted by Crippen LogP contribution is -2.48. The maximum Gasteiger partial charge on any atom is 0.243 e. The van der Waals surface area contributed by atoms with Crippen LogP contribution in [0.25, 0.3) is 0 Å². The molecule has 36 heteroatoms. The number of imide groups is 1. The molecule has 1 rings (SSSR count). The number of rotatable bonds is 58. The highest BCUT2D eigenvalue weighted by atomic mass is 32.2. The van der Waals surface area contributed by atoms with Gasteiger partial charge in [-0.25, -0.2) is 0 Å². The number of carbonyl (C=O) groups is 11. The van der Waals surface area contributed by atoms with Gasteiger partial charge in [0.05, 0.1) is 169 Å². The van der Waals surface area contributed by atoms with Crippen molar-refractivity contribution in [3.05, 3.63) is 0 Å². The topological polar surface area (TPSA) is 494 Å². The molecule has 0 bridgehead atoms. The van der Waals surface area contributed by atoms with Crippen LogP contribution in [0.2, 0.25) is 0 Å². The molecule has 1 saturated heterocycles. The highest BCUT2D eigenvalue weighted by Crippen LogP contribution is 2.28. The van der Waals surface area contributed by atoms with Gasteiger partial charge < -0.3 is 116 Å². The summed E-state index contributed by atoms with van der Waals surface area (Å²) in [4.78, 5) is 136. The number of aliphatic hydroxyl groups excluding tert-OH is 6. The summed E-state index contributed by atoms with van der Waals surface area (Å²) in [5.74, 6) is -6.69. The van der Waals surface area contributed by atoms with Crippen molar-refractivity contribution in [1.82, 2.24) is 52.8 Å². The van der Waals surface area contributed by atoms with Crippen LogP contribution in [0.3, 0.4) is 0 Å². The zero-order valence-electron chi connectivity index (χ0n) is 52.1. The lowest BCUT2D eigenvalue weighted by molar-refractivity contribution is -0.142. The van der Waals surface area contributed by atoms with Crippen LogP contribution in [0.5, 0.6) is 0 Å². The molecule has 91 heavy (non-hydrogen) atoms. The van der Waals surface area contributed by atoms with E-state index in [1.807, 2.05) is 13.8 Å². The Kier molecular flexibility index (Phi) is 49.0. The third-order valence-corrected chi connectivity index (χ3v) is 13.6. The Labute approximate surface area is 533 Å². The van der Waals surface area contributed by atoms with Gasteiger partial charge in [-0.15, -0.1) is 11.8 Å². The molecule has 0 aromatic heterocycles. The number of likely N-dealkylation sites (tertiary alicyclic amines) is 1. The summed E-state index contributed by atoms with van der Waals surface area (Å²) >= 11 is 1.33. The third-order valence-electron chi connectivity index (χ3n) is 12.3. The van der Waals surface area contributed by atoms with E-state index in [0.29, 0.717) is 91.9 Å². The SMILES string of the molecule is CC(C)SC1CC(=O)N(CC(=O)NCC(=O)NCC(=O)NCC(=O)NCC(=O)NCC(=O)NCCOCCOCCOCCOCCOCCOCCOCCOCCC(=O)N[C@@H](CCC(=O)NC[C@H](O)[C@@H](O)[C@H](O)CCO)C(=O)NCCCC[C@H](O)CO)C1=O. The number of aliphatic hydroxyl groups is 6. The normalized spacial score (nSPS) is 14.6. The second kappa shape index (κ2) is 53.6. The maximum absolute atomic E-state index is 12.9. The third kappa shape index (κ3) is 45.2. The molecule has 0 radical (unpaired) electrons. The number of nitrogens with zero attached hydrogens (tertiary/aromatic N) is 1. The standard InChI is InChI=1S/C55H98N10O25S/c1-38(2)91-43-29-52(79)65(55(43)82)36-51(78)63-35-50(77)62-34-49(76)61-33-48(75)60-32-47(74)59-31-46(73)56-11-14-84-16-18-86-20-22-88-24-26-90-28-27-89-25-23-87-21-19-85-17-15-83-13-9-45(72)64-40(54(81)57-10-4-3-5-39(68)37-67)6-7-44(71)58-30-42(70)53(80)41(69)8-12-66/h38-43,53,66-70,80H,3-37H2,1-2H3,(H,56,73)(H,57,81)(H,58,71)(H,59,74)(H,60,75)(H,61,76)(H,62,77)(H,63,78)(H,64,72)/t39-,40-,41+,42-,43?,53-/m0/s1. The molecule has 0 aromatic carbocycles. The fourth-order valence-electron chi connectivity index (χ4n) is 7.46. The van der Waals surface area contributed by atoms with E-state index in [1.54, 1.807) is 0 Å². The van der Waals surface area contributed by atoms with Gasteiger partial charge in [-0.1, -0.05) is 13.8 Å². The van der Waals surface area contributed by atoms with Gasteiger partial charge in [0.25, 0.3) is 0 Å². The Morgan fingerprint density at radius 2 is 0.923 bits per heavy atom. The van der Waals surface area contributed by atoms with Gasteiger partial charge in [-0.3, -0.25) is 57.6 Å². The molecule has 0 saturated carbocycles. The highest BCUT2D eigenvalue weighted by Gasteiger charge is 2.40. The molecular weight excluding hydrogens is 1230 g/mol. The van der Waals surface area contributed by atoms with Gasteiger partial charge in [-0.05, 0) is 37.4 Å². The van der Waals surface area contributed by atoms with Crippen molar-refractivity contribution >= 4 is 76.7 Å². The van der Waals surface area contributed by atoms with Crippen molar-refractivity contribution in [3.63, 3.8) is 0 Å². The minimum atomic E-state index is -1.61. The number of amides is 11. The molecule has 6 atom stereocenters. The van der Waals surface area contributed by atoms with E-state index in [2.05, 4.69) is 47.9 Å². The largest absolute Gasteiger partial charge is 0.396 e. The molecule has 1 fully saturated rings. The first-order valence-electron chi connectivity index (χ1n) is 30.2. The molecule has 35 nitrogen and oxygen atoms in total. The number of ether oxygens (including phenoxy) is 8. The van der Waals surface area contributed by atoms with Crippen molar-refractivity contribution in [2.75, 3.05) is 178 Å². The van der Waals surface area contributed by atoms with Crippen molar-refractivity contribution in [2.24, 2.45) is 0 Å². The van der Waals surface area contributed by atoms with Crippen LogP contribution in [-0.4, -0.2) is 319 Å². The first-order chi connectivity index (χ1) is 43.7. The number of carbonyl (C=O) groups excluding carboxylic acids is 11. The second-order valence-electron chi connectivity index (χ2n) is 20.3. The molecule has 1 unspecified atom stereocenters. The predicted molar refractivity (Wildman–Crippen MR) is 321 cm³/mol. The van der Waals surface area contributed by atoms with Crippen molar-refractivity contribution in [2.45, 2.75) is 106 Å². The molecule has 1 aliphatic rings. The van der Waals surface area contributed by atoms with E-state index in [-0.39, 0.29) is 96.6 Å². The molecule has 15 N–H and O–H groups in total. The number of nitrogens with one attached hydrogen (secondary N) is 9. The Morgan fingerprint density at radius 3 is 1.37 bits per heavy atom. The van der Waals surface area contributed by atoms with E-state index < -0.39 is 147 Å². The number of unbranched alkanes of at least 4 members (excludes halogenated alkanes) is 1. The minimum absolute atomic E-state index is 0.00805. The number of hydrogen-bond donors (Lipinski definition) is 15. The van der Waals surface area contributed by atoms with E-state index >= 15 is 0 Å². The van der Waals surface area contributed by atoms with Crippen LogP contribution in [-0.2, 0) is 90.6 Å². The zero-order chi connectivity index (χ0) is 67.4. The number of thioether (sulfide) groups is 1. The lowest BCUT2D eigenvalue weighted by atomic mass is 10.1. The Balaban J connectivity index is 1.97. The van der Waals surface area contributed by atoms with E-state index in [1.165, 1.54) is 11.8 Å².